The maximum absolute atomic E-state index is 5.73. The molecule has 1 saturated heterocycles. The van der Waals surface area contributed by atoms with E-state index in [1.54, 1.807) is 7.11 Å². The first kappa shape index (κ1) is 9.75. The van der Waals surface area contributed by atoms with Gasteiger partial charge in [0.25, 0.3) is 0 Å². The normalized spacial score (nSPS) is 36.3. The molecule has 2 heteroatoms. The summed E-state index contributed by atoms with van der Waals surface area (Å²) in [5, 5.41) is 0. The minimum absolute atomic E-state index is 0.219. The predicted molar refractivity (Wildman–Crippen MR) is 49.2 cm³/mol. The van der Waals surface area contributed by atoms with Crippen LogP contribution in [0, 0.1) is 0 Å². The molecule has 0 radical (unpaired) electrons. The van der Waals surface area contributed by atoms with E-state index in [4.69, 9.17) is 9.47 Å². The molecule has 2 nitrogen and oxygen atoms in total. The molecule has 0 bridgehead atoms. The number of hydrogen-bond donors (Lipinski definition) is 0. The average molecular weight is 170 g/mol. The van der Waals surface area contributed by atoms with Gasteiger partial charge in [0.2, 0.25) is 0 Å². The fraction of sp³-hybridized carbons (Fsp3) is 0.800. The molecule has 70 valence electrons. The van der Waals surface area contributed by atoms with Gasteiger partial charge < -0.3 is 9.47 Å². The van der Waals surface area contributed by atoms with Crippen LogP contribution in [-0.2, 0) is 9.47 Å². The van der Waals surface area contributed by atoms with Crippen molar-refractivity contribution in [2.75, 3.05) is 7.11 Å². The maximum atomic E-state index is 5.73. The second-order valence-corrected chi connectivity index (χ2v) is 3.36. The number of ether oxygens (including phenoxy) is 2. The van der Waals surface area contributed by atoms with Gasteiger partial charge >= 0.3 is 0 Å². The van der Waals surface area contributed by atoms with Crippen molar-refractivity contribution in [2.24, 2.45) is 0 Å². The Morgan fingerprint density at radius 2 is 2.33 bits per heavy atom. The Kier molecular flexibility index (Phi) is 3.76. The lowest BCUT2D eigenvalue weighted by Gasteiger charge is -2.33. The van der Waals surface area contributed by atoms with E-state index in [0.29, 0.717) is 6.10 Å². The minimum atomic E-state index is 0.219. The van der Waals surface area contributed by atoms with Crippen molar-refractivity contribution in [1.29, 1.82) is 0 Å². The smallest absolute Gasteiger partial charge is 0.0874 e. The Bertz CT molecular complexity index is 145. The highest BCUT2D eigenvalue weighted by molar-refractivity contribution is 4.83. The second-order valence-electron chi connectivity index (χ2n) is 3.36. The van der Waals surface area contributed by atoms with Crippen molar-refractivity contribution in [2.45, 2.75) is 44.5 Å². The zero-order chi connectivity index (χ0) is 8.97. The molecule has 1 aliphatic rings. The van der Waals surface area contributed by atoms with Crippen LogP contribution in [0.4, 0.5) is 0 Å². The molecule has 0 N–H and O–H groups in total. The summed E-state index contributed by atoms with van der Waals surface area (Å²) < 4.78 is 11.1. The van der Waals surface area contributed by atoms with Gasteiger partial charge in [0.1, 0.15) is 0 Å². The fourth-order valence-corrected chi connectivity index (χ4v) is 1.68. The monoisotopic (exact) mass is 170 g/mol. The van der Waals surface area contributed by atoms with Crippen LogP contribution in [0.15, 0.2) is 12.7 Å². The molecule has 12 heavy (non-hydrogen) atoms. The third kappa shape index (κ3) is 2.32. The zero-order valence-corrected chi connectivity index (χ0v) is 7.95. The van der Waals surface area contributed by atoms with Crippen molar-refractivity contribution >= 4 is 0 Å². The van der Waals surface area contributed by atoms with Gasteiger partial charge in [-0.15, -0.1) is 6.58 Å². The molecule has 3 atom stereocenters. The van der Waals surface area contributed by atoms with E-state index in [1.165, 1.54) is 0 Å². The quantitative estimate of drug-likeness (QED) is 0.604. The van der Waals surface area contributed by atoms with Gasteiger partial charge in [-0.3, -0.25) is 0 Å². The molecular formula is C10H18O2. The summed E-state index contributed by atoms with van der Waals surface area (Å²) in [5.41, 5.74) is 0. The van der Waals surface area contributed by atoms with Crippen molar-refractivity contribution in [3.63, 3.8) is 0 Å². The molecule has 0 aromatic heterocycles. The van der Waals surface area contributed by atoms with Gasteiger partial charge in [-0.25, -0.2) is 0 Å². The molecule has 0 aliphatic carbocycles. The first-order chi connectivity index (χ1) is 5.77. The van der Waals surface area contributed by atoms with Crippen LogP contribution in [0.3, 0.4) is 0 Å². The molecule has 0 amide bonds. The lowest BCUT2D eigenvalue weighted by Crippen LogP contribution is -2.38. The third-order valence-electron chi connectivity index (χ3n) is 2.38. The Hall–Kier alpha value is -0.340. The number of methoxy groups -OCH3 is 1. The van der Waals surface area contributed by atoms with Gasteiger partial charge in [-0.1, -0.05) is 6.08 Å². The van der Waals surface area contributed by atoms with E-state index < -0.39 is 0 Å². The third-order valence-corrected chi connectivity index (χ3v) is 2.38. The molecule has 1 aliphatic heterocycles. The highest BCUT2D eigenvalue weighted by atomic mass is 16.5. The highest BCUT2D eigenvalue weighted by Crippen LogP contribution is 2.23. The van der Waals surface area contributed by atoms with Crippen LogP contribution in [-0.4, -0.2) is 25.4 Å². The predicted octanol–water partition coefficient (Wildman–Crippen LogP) is 2.14. The molecule has 0 aromatic carbocycles. The van der Waals surface area contributed by atoms with Crippen LogP contribution in [0.25, 0.3) is 0 Å². The van der Waals surface area contributed by atoms with Crippen molar-refractivity contribution in [3.8, 4) is 0 Å². The summed E-state index contributed by atoms with van der Waals surface area (Å²) >= 11 is 0. The maximum Gasteiger partial charge on any atom is 0.0874 e. The molecule has 0 aromatic rings. The van der Waals surface area contributed by atoms with E-state index in [1.807, 2.05) is 6.08 Å². The largest absolute Gasteiger partial charge is 0.379 e. The zero-order valence-electron chi connectivity index (χ0n) is 7.95. The van der Waals surface area contributed by atoms with Crippen molar-refractivity contribution < 1.29 is 9.47 Å². The molecule has 1 fully saturated rings. The summed E-state index contributed by atoms with van der Waals surface area (Å²) in [5.74, 6) is 0. The van der Waals surface area contributed by atoms with Gasteiger partial charge in [0, 0.05) is 7.11 Å². The van der Waals surface area contributed by atoms with Crippen LogP contribution >= 0.6 is 0 Å². The summed E-state index contributed by atoms with van der Waals surface area (Å²) in [4.78, 5) is 0. The van der Waals surface area contributed by atoms with Crippen LogP contribution in [0.5, 0.6) is 0 Å². The first-order valence-electron chi connectivity index (χ1n) is 4.57. The Balaban J connectivity index is 2.45. The Morgan fingerprint density at radius 1 is 1.58 bits per heavy atom. The van der Waals surface area contributed by atoms with Gasteiger partial charge in [0.05, 0.1) is 18.3 Å². The lowest BCUT2D eigenvalue weighted by molar-refractivity contribution is -0.121. The average Bonchev–Trinajstić information content (AvgIpc) is 2.05. The standard InChI is InChI=1S/C10H18O2/c1-4-5-10-9(11-3)7-6-8(2)12-10/h4,8-10H,1,5-7H2,2-3H3. The van der Waals surface area contributed by atoms with E-state index in [9.17, 15) is 0 Å². The van der Waals surface area contributed by atoms with E-state index >= 15 is 0 Å². The van der Waals surface area contributed by atoms with E-state index in [-0.39, 0.29) is 12.2 Å². The van der Waals surface area contributed by atoms with E-state index in [2.05, 4.69) is 13.5 Å². The molecule has 3 unspecified atom stereocenters. The number of rotatable bonds is 3. The van der Waals surface area contributed by atoms with Crippen LogP contribution in [0.1, 0.15) is 26.2 Å². The van der Waals surface area contributed by atoms with Crippen LogP contribution in [0.2, 0.25) is 0 Å². The molecular weight excluding hydrogens is 152 g/mol. The fourth-order valence-electron chi connectivity index (χ4n) is 1.68. The molecule has 0 spiro atoms. The molecule has 1 heterocycles. The van der Waals surface area contributed by atoms with Crippen molar-refractivity contribution in [3.05, 3.63) is 12.7 Å². The van der Waals surface area contributed by atoms with Crippen LogP contribution < -0.4 is 0 Å². The SMILES string of the molecule is C=CCC1OC(C)CCC1OC. The highest BCUT2D eigenvalue weighted by Gasteiger charge is 2.27. The lowest BCUT2D eigenvalue weighted by atomic mass is 9.99. The van der Waals surface area contributed by atoms with Crippen molar-refractivity contribution in [1.82, 2.24) is 0 Å². The summed E-state index contributed by atoms with van der Waals surface area (Å²) in [6.07, 6.45) is 5.86. The second kappa shape index (κ2) is 4.63. The Labute approximate surface area is 74.6 Å². The van der Waals surface area contributed by atoms with Gasteiger partial charge in [-0.2, -0.15) is 0 Å². The minimum Gasteiger partial charge on any atom is -0.379 e. The molecule has 1 rings (SSSR count). The molecule has 0 saturated carbocycles. The summed E-state index contributed by atoms with van der Waals surface area (Å²) in [6.45, 7) is 5.83. The first-order valence-corrected chi connectivity index (χ1v) is 4.57. The van der Waals surface area contributed by atoms with Gasteiger partial charge in [0.15, 0.2) is 0 Å². The van der Waals surface area contributed by atoms with E-state index in [0.717, 1.165) is 19.3 Å². The number of hydrogen-bond acceptors (Lipinski definition) is 2. The topological polar surface area (TPSA) is 18.5 Å². The van der Waals surface area contributed by atoms with Gasteiger partial charge in [-0.05, 0) is 26.2 Å². The Morgan fingerprint density at radius 3 is 2.92 bits per heavy atom. The summed E-state index contributed by atoms with van der Waals surface area (Å²) in [7, 11) is 1.75. The summed E-state index contributed by atoms with van der Waals surface area (Å²) in [6, 6.07) is 0.